The normalized spacial score (nSPS) is 14.4. The zero-order valence-corrected chi connectivity index (χ0v) is 23.0. The summed E-state index contributed by atoms with van der Waals surface area (Å²) in [5, 5.41) is 4.20. The van der Waals surface area contributed by atoms with E-state index >= 15 is 0 Å². The molecule has 1 fully saturated rings. The first kappa shape index (κ1) is 26.4. The summed E-state index contributed by atoms with van der Waals surface area (Å²) in [5.41, 5.74) is 1.74. The minimum Gasteiger partial charge on any atom is -0.493 e. The average Bonchev–Trinajstić information content (AvgIpc) is 3.39. The summed E-state index contributed by atoms with van der Waals surface area (Å²) < 4.78 is 11.6. The van der Waals surface area contributed by atoms with E-state index in [9.17, 15) is 9.59 Å². The number of nitrogens with zero attached hydrogens (tertiary/aromatic N) is 2. The number of thiazole rings is 1. The van der Waals surface area contributed by atoms with Crippen molar-refractivity contribution in [1.82, 2.24) is 9.88 Å². The van der Waals surface area contributed by atoms with E-state index < -0.39 is 0 Å². The molecule has 1 aliphatic heterocycles. The molecule has 1 N–H and O–H groups in total. The number of thioether (sulfide) groups is 1. The standard InChI is InChI=1S/C24H19Cl2N3O4S3/c1-29-22(31)20(36-24(29)34)10-14-4-6-18(19(9-14)32-2)33-12-21(30)28-23-27-11-15(35-23)7-13-3-5-16(25)17(26)8-13/h3-6,8-11H,7,12H2,1-2H3,(H,27,28,30)/b20-10-. The maximum absolute atomic E-state index is 12.4. The molecule has 1 saturated heterocycles. The van der Waals surface area contributed by atoms with Gasteiger partial charge in [0.15, 0.2) is 23.2 Å². The molecule has 1 aromatic heterocycles. The first-order chi connectivity index (χ1) is 17.2. The number of carbonyl (C=O) groups is 2. The Morgan fingerprint density at radius 1 is 1.19 bits per heavy atom. The van der Waals surface area contributed by atoms with E-state index in [4.69, 9.17) is 44.9 Å². The molecule has 7 nitrogen and oxygen atoms in total. The third-order valence-corrected chi connectivity index (χ3v) is 8.13. The maximum atomic E-state index is 12.4. The van der Waals surface area contributed by atoms with Gasteiger partial charge in [-0.15, -0.1) is 11.3 Å². The molecule has 0 aliphatic carbocycles. The fourth-order valence-electron chi connectivity index (χ4n) is 3.19. The molecule has 0 atom stereocenters. The van der Waals surface area contributed by atoms with Crippen molar-refractivity contribution < 1.29 is 19.1 Å². The van der Waals surface area contributed by atoms with E-state index in [1.807, 2.05) is 12.1 Å². The molecule has 0 radical (unpaired) electrons. The van der Waals surface area contributed by atoms with Gasteiger partial charge >= 0.3 is 0 Å². The molecular weight excluding hydrogens is 561 g/mol. The fraction of sp³-hybridized carbons (Fsp3) is 0.167. The predicted octanol–water partition coefficient (Wildman–Crippen LogP) is 5.90. The summed E-state index contributed by atoms with van der Waals surface area (Å²) in [5.74, 6) is 0.320. The number of methoxy groups -OCH3 is 1. The Hall–Kier alpha value is -2.63. The molecule has 0 unspecified atom stereocenters. The van der Waals surface area contributed by atoms with Crippen molar-refractivity contribution >= 4 is 85.9 Å². The van der Waals surface area contributed by atoms with Crippen molar-refractivity contribution in [2.45, 2.75) is 6.42 Å². The van der Waals surface area contributed by atoms with Gasteiger partial charge in [-0.1, -0.05) is 59.3 Å². The van der Waals surface area contributed by atoms with Crippen LogP contribution in [-0.4, -0.2) is 46.8 Å². The predicted molar refractivity (Wildman–Crippen MR) is 149 cm³/mol. The molecule has 2 amide bonds. The highest BCUT2D eigenvalue weighted by molar-refractivity contribution is 8.26. The number of likely N-dealkylation sites (N-methyl/N-ethyl adjacent to an activating group) is 1. The maximum Gasteiger partial charge on any atom is 0.265 e. The number of thiocarbonyl (C=S) groups is 1. The number of benzene rings is 2. The van der Waals surface area contributed by atoms with Crippen LogP contribution in [0.4, 0.5) is 5.13 Å². The number of rotatable bonds is 8. The second-order valence-electron chi connectivity index (χ2n) is 7.54. The number of amides is 2. The lowest BCUT2D eigenvalue weighted by molar-refractivity contribution is -0.121. The Morgan fingerprint density at radius 3 is 2.69 bits per heavy atom. The molecule has 2 heterocycles. The number of anilines is 1. The summed E-state index contributed by atoms with van der Waals surface area (Å²) in [6, 6.07) is 10.6. The van der Waals surface area contributed by atoms with Gasteiger partial charge in [0.05, 0.1) is 22.1 Å². The number of aromatic nitrogens is 1. The SMILES string of the molecule is COc1cc(/C=C2\SC(=S)N(C)C2=O)ccc1OCC(=O)Nc1ncc(Cc2ccc(Cl)c(Cl)c2)s1. The number of hydrogen-bond donors (Lipinski definition) is 1. The van der Waals surface area contributed by atoms with Crippen LogP contribution in [0.25, 0.3) is 6.08 Å². The van der Waals surface area contributed by atoms with Gasteiger partial charge in [0.25, 0.3) is 11.8 Å². The summed E-state index contributed by atoms with van der Waals surface area (Å²) in [6.45, 7) is -0.230. The van der Waals surface area contributed by atoms with Gasteiger partial charge in [0, 0.05) is 24.5 Å². The highest BCUT2D eigenvalue weighted by Crippen LogP contribution is 2.34. The number of hydrogen-bond acceptors (Lipinski definition) is 8. The van der Waals surface area contributed by atoms with E-state index in [0.717, 1.165) is 16.0 Å². The number of nitrogens with one attached hydrogen (secondary N) is 1. The van der Waals surface area contributed by atoms with E-state index in [1.54, 1.807) is 43.6 Å². The Kier molecular flexibility index (Phi) is 8.53. The first-order valence-electron chi connectivity index (χ1n) is 10.4. The minimum atomic E-state index is -0.358. The molecule has 36 heavy (non-hydrogen) atoms. The van der Waals surface area contributed by atoms with E-state index in [0.29, 0.717) is 42.3 Å². The molecule has 3 aromatic rings. The van der Waals surface area contributed by atoms with Gasteiger partial charge in [-0.05, 0) is 41.5 Å². The van der Waals surface area contributed by atoms with Crippen molar-refractivity contribution in [2.24, 2.45) is 0 Å². The Labute approximate surface area is 231 Å². The van der Waals surface area contributed by atoms with Gasteiger partial charge in [-0.3, -0.25) is 19.8 Å². The molecule has 0 saturated carbocycles. The molecule has 186 valence electrons. The Balaban J connectivity index is 1.34. The van der Waals surface area contributed by atoms with Crippen molar-refractivity contribution in [1.29, 1.82) is 0 Å². The highest BCUT2D eigenvalue weighted by atomic mass is 35.5. The van der Waals surface area contributed by atoms with E-state index in [-0.39, 0.29) is 18.4 Å². The van der Waals surface area contributed by atoms with Crippen molar-refractivity contribution in [3.63, 3.8) is 0 Å². The van der Waals surface area contributed by atoms with Gasteiger partial charge in [0.2, 0.25) is 0 Å². The Bertz CT molecular complexity index is 1380. The fourth-order valence-corrected chi connectivity index (χ4v) is 5.55. The van der Waals surface area contributed by atoms with Gasteiger partial charge < -0.3 is 9.47 Å². The third kappa shape index (κ3) is 6.37. The second-order valence-corrected chi connectivity index (χ2v) is 11.2. The molecule has 2 aromatic carbocycles. The summed E-state index contributed by atoms with van der Waals surface area (Å²) in [4.78, 5) is 31.8. The lowest BCUT2D eigenvalue weighted by atomic mass is 10.1. The molecular formula is C24H19Cl2N3O4S3. The van der Waals surface area contributed by atoms with Crippen LogP contribution in [0, 0.1) is 0 Å². The average molecular weight is 581 g/mol. The molecule has 0 bridgehead atoms. The number of ether oxygens (including phenoxy) is 2. The van der Waals surface area contributed by atoms with Crippen LogP contribution in [0.5, 0.6) is 11.5 Å². The monoisotopic (exact) mass is 579 g/mol. The van der Waals surface area contributed by atoms with Crippen LogP contribution in [0.1, 0.15) is 16.0 Å². The van der Waals surface area contributed by atoms with Crippen LogP contribution in [0.2, 0.25) is 10.0 Å². The van der Waals surface area contributed by atoms with Crippen LogP contribution < -0.4 is 14.8 Å². The van der Waals surface area contributed by atoms with Crippen molar-refractivity contribution in [3.05, 3.63) is 73.5 Å². The quantitative estimate of drug-likeness (QED) is 0.263. The van der Waals surface area contributed by atoms with Crippen LogP contribution >= 0.6 is 58.5 Å². The van der Waals surface area contributed by atoms with Gasteiger partial charge in [0.1, 0.15) is 4.32 Å². The smallest absolute Gasteiger partial charge is 0.265 e. The van der Waals surface area contributed by atoms with Crippen LogP contribution in [-0.2, 0) is 16.0 Å². The zero-order chi connectivity index (χ0) is 25.8. The summed E-state index contributed by atoms with van der Waals surface area (Å²) in [6.07, 6.45) is 4.06. The van der Waals surface area contributed by atoms with Crippen molar-refractivity contribution in [2.75, 3.05) is 26.1 Å². The molecule has 1 aliphatic rings. The van der Waals surface area contributed by atoms with E-state index in [1.165, 1.54) is 35.1 Å². The number of carbonyl (C=O) groups excluding carboxylic acids is 2. The zero-order valence-electron chi connectivity index (χ0n) is 19.0. The Morgan fingerprint density at radius 2 is 2.00 bits per heavy atom. The topological polar surface area (TPSA) is 80.8 Å². The lowest BCUT2D eigenvalue weighted by Crippen LogP contribution is -2.22. The van der Waals surface area contributed by atoms with Crippen LogP contribution in [0.15, 0.2) is 47.5 Å². The van der Waals surface area contributed by atoms with Crippen molar-refractivity contribution in [3.8, 4) is 11.5 Å². The first-order valence-corrected chi connectivity index (χ1v) is 13.2. The largest absolute Gasteiger partial charge is 0.493 e. The lowest BCUT2D eigenvalue weighted by Gasteiger charge is -2.11. The highest BCUT2D eigenvalue weighted by Gasteiger charge is 2.28. The minimum absolute atomic E-state index is 0.150. The molecule has 4 rings (SSSR count). The summed E-state index contributed by atoms with van der Waals surface area (Å²) in [7, 11) is 3.14. The van der Waals surface area contributed by atoms with Gasteiger partial charge in [-0.25, -0.2) is 4.98 Å². The molecule has 12 heteroatoms. The molecule has 0 spiro atoms. The third-order valence-electron chi connectivity index (χ3n) is 4.99. The summed E-state index contributed by atoms with van der Waals surface area (Å²) >= 11 is 19.8. The van der Waals surface area contributed by atoms with Crippen LogP contribution in [0.3, 0.4) is 0 Å². The number of halogens is 2. The van der Waals surface area contributed by atoms with Gasteiger partial charge in [-0.2, -0.15) is 0 Å². The van der Waals surface area contributed by atoms with E-state index in [2.05, 4.69) is 10.3 Å². The second kappa shape index (κ2) is 11.6.